The summed E-state index contributed by atoms with van der Waals surface area (Å²) in [5.74, 6) is -2.43. The number of carboxylic acids is 1. The average molecular weight is 299 g/mol. The van der Waals surface area contributed by atoms with Crippen LogP contribution in [0.5, 0.6) is 0 Å². The minimum absolute atomic E-state index is 0.501. The maximum Gasteiger partial charge on any atom is 0.304 e. The number of hydrogen-bond donors (Lipinski definition) is 2. The van der Waals surface area contributed by atoms with Gasteiger partial charge in [-0.25, -0.2) is 8.42 Å². The van der Waals surface area contributed by atoms with Crippen molar-refractivity contribution < 1.29 is 23.1 Å². The molecule has 0 heterocycles. The first-order chi connectivity index (χ1) is 9.22. The molecule has 6 nitrogen and oxygen atoms in total. The zero-order valence-corrected chi connectivity index (χ0v) is 12.1. The highest BCUT2D eigenvalue weighted by molar-refractivity contribution is 7.92. The maximum absolute atomic E-state index is 11.9. The van der Waals surface area contributed by atoms with Crippen LogP contribution in [0.15, 0.2) is 24.3 Å². The van der Waals surface area contributed by atoms with Crippen molar-refractivity contribution in [3.05, 3.63) is 29.8 Å². The lowest BCUT2D eigenvalue weighted by molar-refractivity contribution is -0.136. The Morgan fingerprint density at radius 1 is 1.25 bits per heavy atom. The molecule has 0 radical (unpaired) electrons. The molecule has 0 saturated carbocycles. The van der Waals surface area contributed by atoms with Crippen LogP contribution in [0.1, 0.15) is 18.9 Å². The van der Waals surface area contributed by atoms with E-state index in [0.717, 1.165) is 5.56 Å². The summed E-state index contributed by atoms with van der Waals surface area (Å²) in [6.07, 6.45) is -0.509. The van der Waals surface area contributed by atoms with Gasteiger partial charge in [-0.1, -0.05) is 17.7 Å². The van der Waals surface area contributed by atoms with Gasteiger partial charge in [0.25, 0.3) is 0 Å². The van der Waals surface area contributed by atoms with Crippen LogP contribution in [0, 0.1) is 6.92 Å². The molecule has 1 atom stereocenters. The van der Waals surface area contributed by atoms with E-state index in [1.54, 1.807) is 24.3 Å². The topological polar surface area (TPSA) is 101 Å². The molecule has 2 N–H and O–H groups in total. The predicted octanol–water partition coefficient (Wildman–Crippen LogP) is 1.21. The highest BCUT2D eigenvalue weighted by Crippen LogP contribution is 2.12. The van der Waals surface area contributed by atoms with Crippen molar-refractivity contribution in [2.24, 2.45) is 0 Å². The second-order valence-electron chi connectivity index (χ2n) is 4.51. The molecule has 1 rings (SSSR count). The molecule has 1 amide bonds. The van der Waals surface area contributed by atoms with Crippen LogP contribution < -0.4 is 5.32 Å². The second kappa shape index (κ2) is 6.51. The normalized spacial score (nSPS) is 12.7. The largest absolute Gasteiger partial charge is 0.481 e. The van der Waals surface area contributed by atoms with Crippen molar-refractivity contribution in [2.75, 3.05) is 11.1 Å². The fraction of sp³-hybridized carbons (Fsp3) is 0.385. The molecule has 110 valence electrons. The van der Waals surface area contributed by atoms with E-state index < -0.39 is 39.1 Å². The highest BCUT2D eigenvalue weighted by Gasteiger charge is 2.28. The average Bonchev–Trinajstić information content (AvgIpc) is 2.38. The summed E-state index contributed by atoms with van der Waals surface area (Å²) in [6.45, 7) is 3.14. The number of anilines is 1. The van der Waals surface area contributed by atoms with Crippen molar-refractivity contribution in [2.45, 2.75) is 25.5 Å². The number of amides is 1. The van der Waals surface area contributed by atoms with Gasteiger partial charge in [0.05, 0.1) is 12.2 Å². The van der Waals surface area contributed by atoms with Gasteiger partial charge in [0.2, 0.25) is 5.91 Å². The Labute approximate surface area is 117 Å². The van der Waals surface area contributed by atoms with Crippen LogP contribution in [0.25, 0.3) is 0 Å². The number of aryl methyl sites for hydroxylation is 1. The third-order valence-electron chi connectivity index (χ3n) is 2.83. The van der Waals surface area contributed by atoms with Crippen molar-refractivity contribution >= 4 is 27.4 Å². The van der Waals surface area contributed by atoms with Crippen LogP contribution in [-0.2, 0) is 19.4 Å². The van der Waals surface area contributed by atoms with Crippen molar-refractivity contribution in [1.82, 2.24) is 0 Å². The lowest BCUT2D eigenvalue weighted by atomic mass is 10.2. The molecule has 0 aliphatic carbocycles. The molecular weight excluding hydrogens is 282 g/mol. The molecule has 0 aliphatic heterocycles. The van der Waals surface area contributed by atoms with Gasteiger partial charge in [-0.2, -0.15) is 0 Å². The number of carbonyl (C=O) groups excluding carboxylic acids is 1. The number of benzene rings is 1. The summed E-state index contributed by atoms with van der Waals surface area (Å²) in [4.78, 5) is 22.2. The zero-order valence-electron chi connectivity index (χ0n) is 11.3. The van der Waals surface area contributed by atoms with Crippen LogP contribution in [-0.4, -0.2) is 36.4 Å². The minimum atomic E-state index is -3.78. The fourth-order valence-corrected chi connectivity index (χ4v) is 2.65. The third-order valence-corrected chi connectivity index (χ3v) is 4.89. The summed E-state index contributed by atoms with van der Waals surface area (Å²) in [7, 11) is -3.78. The Morgan fingerprint density at radius 2 is 1.80 bits per heavy atom. The Kier molecular flexibility index (Phi) is 5.26. The molecule has 0 fully saturated rings. The number of carboxylic acid groups (broad SMARTS) is 1. The Hall–Kier alpha value is -1.89. The molecule has 0 aliphatic rings. The molecule has 7 heteroatoms. The second-order valence-corrected chi connectivity index (χ2v) is 6.95. The van der Waals surface area contributed by atoms with Crippen LogP contribution >= 0.6 is 0 Å². The minimum Gasteiger partial charge on any atom is -0.481 e. The smallest absolute Gasteiger partial charge is 0.304 e. The number of nitrogens with one attached hydrogen (secondary N) is 1. The summed E-state index contributed by atoms with van der Waals surface area (Å²) < 4.78 is 23.6. The highest BCUT2D eigenvalue weighted by atomic mass is 32.2. The Balaban J connectivity index is 2.71. The first kappa shape index (κ1) is 16.2. The summed E-state index contributed by atoms with van der Waals surface area (Å²) >= 11 is 0. The van der Waals surface area contributed by atoms with Crippen molar-refractivity contribution in [3.8, 4) is 0 Å². The van der Waals surface area contributed by atoms with Gasteiger partial charge in [-0.15, -0.1) is 0 Å². The Bertz CT molecular complexity index is 592. The van der Waals surface area contributed by atoms with Crippen molar-refractivity contribution in [1.29, 1.82) is 0 Å². The fourth-order valence-electron chi connectivity index (χ4n) is 1.45. The third kappa shape index (κ3) is 4.65. The van der Waals surface area contributed by atoms with Gasteiger partial charge >= 0.3 is 5.97 Å². The first-order valence-corrected chi connectivity index (χ1v) is 7.75. The van der Waals surface area contributed by atoms with E-state index in [1.807, 2.05) is 6.92 Å². The van der Waals surface area contributed by atoms with Crippen LogP contribution in [0.2, 0.25) is 0 Å². The van der Waals surface area contributed by atoms with Gasteiger partial charge in [0, 0.05) is 5.69 Å². The van der Waals surface area contributed by atoms with Gasteiger partial charge in [0.15, 0.2) is 9.84 Å². The van der Waals surface area contributed by atoms with E-state index in [-0.39, 0.29) is 0 Å². The molecule has 1 aromatic rings. The SMILES string of the molecule is Cc1ccc(NC(=O)C(C)S(=O)(=O)CCC(=O)O)cc1. The van der Waals surface area contributed by atoms with E-state index >= 15 is 0 Å². The van der Waals surface area contributed by atoms with Gasteiger partial charge in [0.1, 0.15) is 5.25 Å². The lowest BCUT2D eigenvalue weighted by Gasteiger charge is -2.12. The zero-order chi connectivity index (χ0) is 15.3. The number of rotatable bonds is 6. The van der Waals surface area contributed by atoms with Gasteiger partial charge in [-0.3, -0.25) is 9.59 Å². The van der Waals surface area contributed by atoms with Crippen LogP contribution in [0.4, 0.5) is 5.69 Å². The maximum atomic E-state index is 11.9. The molecule has 1 unspecified atom stereocenters. The molecule has 1 aromatic carbocycles. The van der Waals surface area contributed by atoms with Crippen LogP contribution in [0.3, 0.4) is 0 Å². The van der Waals surface area contributed by atoms with Gasteiger partial charge < -0.3 is 10.4 Å². The number of carbonyl (C=O) groups is 2. The number of sulfone groups is 1. The molecular formula is C13H17NO5S. The molecule has 0 spiro atoms. The quantitative estimate of drug-likeness (QED) is 0.822. The number of hydrogen-bond acceptors (Lipinski definition) is 4. The molecule has 0 saturated heterocycles. The van der Waals surface area contributed by atoms with E-state index in [0.29, 0.717) is 5.69 Å². The first-order valence-electron chi connectivity index (χ1n) is 6.03. The van der Waals surface area contributed by atoms with E-state index in [1.165, 1.54) is 6.92 Å². The van der Waals surface area contributed by atoms with E-state index in [2.05, 4.69) is 5.32 Å². The molecule has 20 heavy (non-hydrogen) atoms. The lowest BCUT2D eigenvalue weighted by Crippen LogP contribution is -2.34. The van der Waals surface area contributed by atoms with E-state index in [4.69, 9.17) is 5.11 Å². The summed E-state index contributed by atoms with van der Waals surface area (Å²) in [6, 6.07) is 6.92. The molecule has 0 aromatic heterocycles. The predicted molar refractivity (Wildman–Crippen MR) is 75.3 cm³/mol. The monoisotopic (exact) mass is 299 g/mol. The van der Waals surface area contributed by atoms with Crippen molar-refractivity contribution in [3.63, 3.8) is 0 Å². The number of aliphatic carboxylic acids is 1. The summed E-state index contributed by atoms with van der Waals surface area (Å²) in [5, 5.41) is 9.70. The molecule has 0 bridgehead atoms. The van der Waals surface area contributed by atoms with Gasteiger partial charge in [-0.05, 0) is 26.0 Å². The van der Waals surface area contributed by atoms with E-state index in [9.17, 15) is 18.0 Å². The summed E-state index contributed by atoms with van der Waals surface area (Å²) in [5.41, 5.74) is 1.52. The Morgan fingerprint density at radius 3 is 2.30 bits per heavy atom. The standard InChI is InChI=1S/C13H17NO5S/c1-9-3-5-11(6-4-9)14-13(17)10(2)20(18,19)8-7-12(15)16/h3-6,10H,7-8H2,1-2H3,(H,14,17)(H,15,16).